The van der Waals surface area contributed by atoms with Gasteiger partial charge in [-0.3, -0.25) is 4.68 Å². The van der Waals surface area contributed by atoms with Crippen molar-refractivity contribution in [1.29, 1.82) is 0 Å². The molecule has 2 aromatic rings. The first-order valence-corrected chi connectivity index (χ1v) is 6.01. The fourth-order valence-electron chi connectivity index (χ4n) is 1.65. The van der Waals surface area contributed by atoms with Crippen LogP contribution in [0.4, 0.5) is 0 Å². The lowest BCUT2D eigenvalue weighted by molar-refractivity contribution is 0.173. The molecule has 0 radical (unpaired) electrons. The van der Waals surface area contributed by atoms with Gasteiger partial charge in [0.05, 0.1) is 18.8 Å². The van der Waals surface area contributed by atoms with Crippen LogP contribution in [0.15, 0.2) is 36.7 Å². The third-order valence-electron chi connectivity index (χ3n) is 2.68. The molecule has 0 saturated heterocycles. The van der Waals surface area contributed by atoms with Crippen molar-refractivity contribution in [3.05, 3.63) is 52.8 Å². The molecule has 1 atom stereocenters. The first kappa shape index (κ1) is 12.1. The molecule has 1 heterocycles. The molecule has 3 nitrogen and oxygen atoms in total. The molecule has 4 heteroatoms. The van der Waals surface area contributed by atoms with Gasteiger partial charge < -0.3 is 5.11 Å². The summed E-state index contributed by atoms with van der Waals surface area (Å²) in [6.45, 7) is 2.63. The predicted octanol–water partition coefficient (Wildman–Crippen LogP) is 3.03. The second-order valence-electron chi connectivity index (χ2n) is 4.02. The van der Waals surface area contributed by atoms with Crippen LogP contribution in [0.1, 0.15) is 30.6 Å². The SMILES string of the molecule is CCC(O)c1cnn(Cc2ccc(Cl)cc2)c1. The molecule has 1 N–H and O–H groups in total. The average molecular weight is 251 g/mol. The second kappa shape index (κ2) is 5.34. The summed E-state index contributed by atoms with van der Waals surface area (Å²) in [5, 5.41) is 14.6. The molecule has 1 unspecified atom stereocenters. The highest BCUT2D eigenvalue weighted by Gasteiger charge is 2.07. The van der Waals surface area contributed by atoms with Gasteiger partial charge in [-0.25, -0.2) is 0 Å². The molecular weight excluding hydrogens is 236 g/mol. The van der Waals surface area contributed by atoms with Gasteiger partial charge in [0.1, 0.15) is 0 Å². The van der Waals surface area contributed by atoms with E-state index in [4.69, 9.17) is 11.6 Å². The molecule has 0 aliphatic rings. The molecule has 0 saturated carbocycles. The van der Waals surface area contributed by atoms with Gasteiger partial charge in [-0.05, 0) is 24.1 Å². The van der Waals surface area contributed by atoms with Crippen LogP contribution in [0.3, 0.4) is 0 Å². The Bertz CT molecular complexity index is 478. The van der Waals surface area contributed by atoms with E-state index in [1.165, 1.54) is 0 Å². The van der Waals surface area contributed by atoms with Crippen LogP contribution in [-0.2, 0) is 6.54 Å². The van der Waals surface area contributed by atoms with Crippen LogP contribution in [-0.4, -0.2) is 14.9 Å². The van der Waals surface area contributed by atoms with Crippen molar-refractivity contribution in [2.24, 2.45) is 0 Å². The summed E-state index contributed by atoms with van der Waals surface area (Å²) >= 11 is 5.82. The summed E-state index contributed by atoms with van der Waals surface area (Å²) in [6, 6.07) is 7.67. The Balaban J connectivity index is 2.08. The first-order valence-electron chi connectivity index (χ1n) is 5.64. The number of rotatable bonds is 4. The van der Waals surface area contributed by atoms with Crippen LogP contribution in [0.25, 0.3) is 0 Å². The maximum absolute atomic E-state index is 9.67. The molecule has 17 heavy (non-hydrogen) atoms. The Morgan fingerprint density at radius 3 is 2.71 bits per heavy atom. The Kier molecular flexibility index (Phi) is 3.82. The smallest absolute Gasteiger partial charge is 0.0817 e. The minimum absolute atomic E-state index is 0.422. The van der Waals surface area contributed by atoms with Crippen LogP contribution in [0.5, 0.6) is 0 Å². The number of hydrogen-bond acceptors (Lipinski definition) is 2. The normalized spacial score (nSPS) is 12.6. The van der Waals surface area contributed by atoms with Crippen molar-refractivity contribution >= 4 is 11.6 Å². The van der Waals surface area contributed by atoms with E-state index in [1.54, 1.807) is 6.20 Å². The molecule has 0 bridgehead atoms. The Hall–Kier alpha value is -1.32. The molecule has 0 spiro atoms. The molecular formula is C13H15ClN2O. The van der Waals surface area contributed by atoms with Crippen LogP contribution in [0.2, 0.25) is 5.02 Å². The van der Waals surface area contributed by atoms with E-state index in [0.717, 1.165) is 16.1 Å². The predicted molar refractivity (Wildman–Crippen MR) is 68.0 cm³/mol. The van der Waals surface area contributed by atoms with Gasteiger partial charge in [-0.2, -0.15) is 5.10 Å². The Morgan fingerprint density at radius 2 is 2.06 bits per heavy atom. The standard InChI is InChI=1S/C13H15ClN2O/c1-2-13(17)11-7-15-16(9-11)8-10-3-5-12(14)6-4-10/h3-7,9,13,17H,2,8H2,1H3. The van der Waals surface area contributed by atoms with E-state index in [9.17, 15) is 5.11 Å². The van der Waals surface area contributed by atoms with Crippen LogP contribution >= 0.6 is 11.6 Å². The largest absolute Gasteiger partial charge is 0.388 e. The van der Waals surface area contributed by atoms with Gasteiger partial charge in [0.15, 0.2) is 0 Å². The van der Waals surface area contributed by atoms with E-state index in [2.05, 4.69) is 5.10 Å². The fraction of sp³-hybridized carbons (Fsp3) is 0.308. The number of hydrogen-bond donors (Lipinski definition) is 1. The number of aliphatic hydroxyl groups is 1. The zero-order valence-corrected chi connectivity index (χ0v) is 10.4. The highest BCUT2D eigenvalue weighted by molar-refractivity contribution is 6.30. The molecule has 2 rings (SSSR count). The quantitative estimate of drug-likeness (QED) is 0.906. The molecule has 0 aliphatic heterocycles. The summed E-state index contributed by atoms with van der Waals surface area (Å²) < 4.78 is 1.82. The van der Waals surface area contributed by atoms with Crippen molar-refractivity contribution in [1.82, 2.24) is 9.78 Å². The Labute approximate surface area is 106 Å². The summed E-state index contributed by atoms with van der Waals surface area (Å²) in [5.41, 5.74) is 2.00. The monoisotopic (exact) mass is 250 g/mol. The van der Waals surface area contributed by atoms with Gasteiger partial charge in [-0.15, -0.1) is 0 Å². The Morgan fingerprint density at radius 1 is 1.35 bits per heavy atom. The first-order chi connectivity index (χ1) is 8.19. The second-order valence-corrected chi connectivity index (χ2v) is 4.46. The maximum atomic E-state index is 9.67. The summed E-state index contributed by atoms with van der Waals surface area (Å²) in [6.07, 6.45) is 3.87. The topological polar surface area (TPSA) is 38.1 Å². The molecule has 1 aromatic heterocycles. The maximum Gasteiger partial charge on any atom is 0.0817 e. The van der Waals surface area contributed by atoms with Gasteiger partial charge in [0.2, 0.25) is 0 Å². The number of nitrogens with zero attached hydrogens (tertiary/aromatic N) is 2. The van der Waals surface area contributed by atoms with E-state index in [0.29, 0.717) is 13.0 Å². The number of aliphatic hydroxyl groups excluding tert-OH is 1. The highest BCUT2D eigenvalue weighted by atomic mass is 35.5. The minimum Gasteiger partial charge on any atom is -0.388 e. The number of benzene rings is 1. The highest BCUT2D eigenvalue weighted by Crippen LogP contribution is 2.16. The molecule has 0 fully saturated rings. The van der Waals surface area contributed by atoms with E-state index in [-0.39, 0.29) is 0 Å². The fourth-order valence-corrected chi connectivity index (χ4v) is 1.78. The van der Waals surface area contributed by atoms with Crippen molar-refractivity contribution in [2.45, 2.75) is 26.0 Å². The van der Waals surface area contributed by atoms with E-state index in [1.807, 2.05) is 42.1 Å². The van der Waals surface area contributed by atoms with Crippen LogP contribution < -0.4 is 0 Å². The zero-order chi connectivity index (χ0) is 12.3. The molecule has 0 aliphatic carbocycles. The minimum atomic E-state index is -0.422. The lowest BCUT2D eigenvalue weighted by atomic mass is 10.1. The summed E-state index contributed by atoms with van der Waals surface area (Å²) in [4.78, 5) is 0. The summed E-state index contributed by atoms with van der Waals surface area (Å²) in [7, 11) is 0. The average Bonchev–Trinajstić information content (AvgIpc) is 2.80. The van der Waals surface area contributed by atoms with E-state index < -0.39 is 6.10 Å². The molecule has 90 valence electrons. The lowest BCUT2D eigenvalue weighted by Gasteiger charge is -2.03. The van der Waals surface area contributed by atoms with Crippen molar-refractivity contribution in [3.8, 4) is 0 Å². The van der Waals surface area contributed by atoms with Crippen molar-refractivity contribution < 1.29 is 5.11 Å². The van der Waals surface area contributed by atoms with Gasteiger partial charge in [-0.1, -0.05) is 30.7 Å². The third kappa shape index (κ3) is 3.08. The van der Waals surface area contributed by atoms with Gasteiger partial charge in [0, 0.05) is 16.8 Å². The molecule has 1 aromatic carbocycles. The number of halogens is 1. The van der Waals surface area contributed by atoms with Crippen LogP contribution in [0, 0.1) is 0 Å². The third-order valence-corrected chi connectivity index (χ3v) is 2.93. The molecule has 0 amide bonds. The zero-order valence-electron chi connectivity index (χ0n) is 9.68. The van der Waals surface area contributed by atoms with E-state index >= 15 is 0 Å². The van der Waals surface area contributed by atoms with Gasteiger partial charge in [0.25, 0.3) is 0 Å². The summed E-state index contributed by atoms with van der Waals surface area (Å²) in [5.74, 6) is 0. The lowest BCUT2D eigenvalue weighted by Crippen LogP contribution is -2.00. The van der Waals surface area contributed by atoms with Crippen molar-refractivity contribution in [3.63, 3.8) is 0 Å². The number of aromatic nitrogens is 2. The van der Waals surface area contributed by atoms with Crippen molar-refractivity contribution in [2.75, 3.05) is 0 Å². The van der Waals surface area contributed by atoms with Gasteiger partial charge >= 0.3 is 0 Å².